The molecule has 8 heteroatoms. The summed E-state index contributed by atoms with van der Waals surface area (Å²) >= 11 is 0. The van der Waals surface area contributed by atoms with Crippen molar-refractivity contribution in [1.82, 2.24) is 5.32 Å². The quantitative estimate of drug-likeness (QED) is 0.253. The van der Waals surface area contributed by atoms with Crippen LogP contribution in [0.1, 0.15) is 19.8 Å². The lowest BCUT2D eigenvalue weighted by Crippen LogP contribution is -2.64. The summed E-state index contributed by atoms with van der Waals surface area (Å²) in [5.74, 6) is 0. The van der Waals surface area contributed by atoms with E-state index in [1.807, 2.05) is 0 Å². The molecule has 19 heavy (non-hydrogen) atoms. The molecular weight excluding hydrogens is 258 g/mol. The summed E-state index contributed by atoms with van der Waals surface area (Å²) in [6.07, 6.45) is -6.36. The van der Waals surface area contributed by atoms with Gasteiger partial charge in [0.05, 0.1) is 18.8 Å². The average Bonchev–Trinajstić information content (AvgIpc) is 2.36. The molecule has 1 saturated heterocycles. The van der Waals surface area contributed by atoms with E-state index in [0.29, 0.717) is 6.42 Å². The van der Waals surface area contributed by atoms with Crippen molar-refractivity contribution in [3.8, 4) is 0 Å². The molecule has 0 aromatic rings. The van der Waals surface area contributed by atoms with Crippen LogP contribution in [0.4, 0.5) is 0 Å². The smallest absolute Gasteiger partial charge is 0.173 e. The Hall–Kier alpha value is -0.320. The topological polar surface area (TPSA) is 143 Å². The number of nitrogens with one attached hydrogen (secondary N) is 1. The van der Waals surface area contributed by atoms with Crippen LogP contribution in [-0.2, 0) is 4.74 Å². The molecule has 0 spiro atoms. The second-order valence-corrected chi connectivity index (χ2v) is 4.86. The Morgan fingerprint density at radius 2 is 1.74 bits per heavy atom. The van der Waals surface area contributed by atoms with Crippen LogP contribution in [0.3, 0.4) is 0 Å². The molecule has 0 saturated carbocycles. The highest BCUT2D eigenvalue weighted by Crippen LogP contribution is 2.20. The molecule has 1 heterocycles. The summed E-state index contributed by atoms with van der Waals surface area (Å²) in [7, 11) is 0. The van der Waals surface area contributed by atoms with Crippen molar-refractivity contribution in [2.75, 3.05) is 6.61 Å². The first-order valence-electron chi connectivity index (χ1n) is 6.29. The second-order valence-electron chi connectivity index (χ2n) is 4.86. The van der Waals surface area contributed by atoms with Gasteiger partial charge in [0.1, 0.15) is 24.5 Å². The van der Waals surface area contributed by atoms with Gasteiger partial charge < -0.3 is 35.4 Å². The van der Waals surface area contributed by atoms with Crippen LogP contribution < -0.4 is 5.32 Å². The van der Waals surface area contributed by atoms with Crippen LogP contribution in [0.5, 0.6) is 0 Å². The molecule has 1 rings (SSSR count). The summed E-state index contributed by atoms with van der Waals surface area (Å²) in [4.78, 5) is 0. The van der Waals surface area contributed by atoms with Crippen molar-refractivity contribution in [3.63, 3.8) is 0 Å². The standard InChI is InChI=1S/C11H23NO7/c1-5(14)2-3-7(15)12-8-10(17)9(16)6(4-13)19-11(8)18/h5-18H,2-4H2,1H3/t5?,6?,7?,8?,9-,10+,11?/m0/s1. The van der Waals surface area contributed by atoms with E-state index < -0.39 is 49.6 Å². The highest BCUT2D eigenvalue weighted by Gasteiger charge is 2.44. The van der Waals surface area contributed by atoms with Crippen LogP contribution >= 0.6 is 0 Å². The van der Waals surface area contributed by atoms with Gasteiger partial charge in [-0.2, -0.15) is 0 Å². The lowest BCUT2D eigenvalue weighted by Gasteiger charge is -2.41. The fraction of sp³-hybridized carbons (Fsp3) is 1.00. The van der Waals surface area contributed by atoms with Gasteiger partial charge in [-0.25, -0.2) is 0 Å². The molecule has 114 valence electrons. The molecule has 0 amide bonds. The number of hydrogen-bond acceptors (Lipinski definition) is 8. The van der Waals surface area contributed by atoms with Gasteiger partial charge in [-0.05, 0) is 19.8 Å². The van der Waals surface area contributed by atoms with Crippen molar-refractivity contribution in [2.45, 2.75) is 62.7 Å². The zero-order valence-electron chi connectivity index (χ0n) is 10.8. The minimum atomic E-state index is -1.46. The molecule has 0 aromatic carbocycles. The Labute approximate surface area is 111 Å². The van der Waals surface area contributed by atoms with E-state index in [-0.39, 0.29) is 6.42 Å². The van der Waals surface area contributed by atoms with Crippen LogP contribution in [0.2, 0.25) is 0 Å². The maximum atomic E-state index is 9.81. The maximum Gasteiger partial charge on any atom is 0.173 e. The van der Waals surface area contributed by atoms with E-state index >= 15 is 0 Å². The zero-order chi connectivity index (χ0) is 14.6. The van der Waals surface area contributed by atoms with Crippen molar-refractivity contribution in [3.05, 3.63) is 0 Å². The Balaban J connectivity index is 2.52. The first-order valence-corrected chi connectivity index (χ1v) is 6.29. The number of aliphatic hydroxyl groups excluding tert-OH is 6. The van der Waals surface area contributed by atoms with Crippen molar-refractivity contribution in [1.29, 1.82) is 0 Å². The molecule has 8 nitrogen and oxygen atoms in total. The molecule has 5 unspecified atom stereocenters. The van der Waals surface area contributed by atoms with E-state index in [1.54, 1.807) is 6.92 Å². The highest BCUT2D eigenvalue weighted by molar-refractivity contribution is 4.93. The summed E-state index contributed by atoms with van der Waals surface area (Å²) < 4.78 is 4.93. The monoisotopic (exact) mass is 281 g/mol. The minimum Gasteiger partial charge on any atom is -0.394 e. The van der Waals surface area contributed by atoms with Crippen LogP contribution in [0, 0.1) is 0 Å². The molecule has 7 atom stereocenters. The summed E-state index contributed by atoms with van der Waals surface area (Å²) in [5, 5.41) is 59.3. The predicted octanol–water partition coefficient (Wildman–Crippen LogP) is -3.14. The number of rotatable bonds is 6. The van der Waals surface area contributed by atoms with E-state index in [4.69, 9.17) is 14.9 Å². The molecule has 1 aliphatic rings. The van der Waals surface area contributed by atoms with Gasteiger partial charge in [0.2, 0.25) is 0 Å². The van der Waals surface area contributed by atoms with Gasteiger partial charge in [-0.3, -0.25) is 5.32 Å². The van der Waals surface area contributed by atoms with Crippen molar-refractivity contribution < 1.29 is 35.4 Å². The highest BCUT2D eigenvalue weighted by atomic mass is 16.6. The SMILES string of the molecule is CC(O)CCC(O)NC1C(O)OC(CO)[C@H](O)[C@@H]1O. The maximum absolute atomic E-state index is 9.81. The third-order valence-electron chi connectivity index (χ3n) is 3.14. The van der Waals surface area contributed by atoms with E-state index in [0.717, 1.165) is 0 Å². The van der Waals surface area contributed by atoms with Crippen molar-refractivity contribution in [2.24, 2.45) is 0 Å². The van der Waals surface area contributed by atoms with Gasteiger partial charge in [0, 0.05) is 0 Å². The summed E-state index contributed by atoms with van der Waals surface area (Å²) in [6, 6.07) is -1.08. The molecular formula is C11H23NO7. The van der Waals surface area contributed by atoms with Crippen LogP contribution in [-0.4, -0.2) is 80.2 Å². The fourth-order valence-corrected chi connectivity index (χ4v) is 1.98. The Morgan fingerprint density at radius 1 is 1.11 bits per heavy atom. The van der Waals surface area contributed by atoms with Gasteiger partial charge in [-0.15, -0.1) is 0 Å². The molecule has 0 aliphatic carbocycles. The number of ether oxygens (including phenoxy) is 1. The van der Waals surface area contributed by atoms with Gasteiger partial charge in [-0.1, -0.05) is 0 Å². The van der Waals surface area contributed by atoms with Crippen LogP contribution in [0.15, 0.2) is 0 Å². The van der Waals surface area contributed by atoms with Crippen molar-refractivity contribution >= 4 is 0 Å². The molecule has 1 aliphatic heterocycles. The second kappa shape index (κ2) is 7.46. The molecule has 0 radical (unpaired) electrons. The first-order chi connectivity index (χ1) is 8.86. The van der Waals surface area contributed by atoms with E-state index in [1.165, 1.54) is 0 Å². The average molecular weight is 281 g/mol. The largest absolute Gasteiger partial charge is 0.394 e. The van der Waals surface area contributed by atoms with E-state index in [9.17, 15) is 20.4 Å². The third kappa shape index (κ3) is 4.62. The lowest BCUT2D eigenvalue weighted by molar-refractivity contribution is -0.258. The van der Waals surface area contributed by atoms with E-state index in [2.05, 4.69) is 5.32 Å². The molecule has 0 aromatic heterocycles. The Bertz CT molecular complexity index is 265. The fourth-order valence-electron chi connectivity index (χ4n) is 1.98. The molecule has 0 bridgehead atoms. The lowest BCUT2D eigenvalue weighted by atomic mass is 9.97. The predicted molar refractivity (Wildman–Crippen MR) is 63.8 cm³/mol. The van der Waals surface area contributed by atoms with Gasteiger partial charge >= 0.3 is 0 Å². The Kier molecular flexibility index (Phi) is 6.57. The first kappa shape index (κ1) is 16.7. The third-order valence-corrected chi connectivity index (χ3v) is 3.14. The minimum absolute atomic E-state index is 0.215. The number of aliphatic hydroxyl groups is 6. The summed E-state index contributed by atoms with van der Waals surface area (Å²) in [5.41, 5.74) is 0. The van der Waals surface area contributed by atoms with Gasteiger partial charge in [0.15, 0.2) is 6.29 Å². The summed E-state index contributed by atoms with van der Waals surface area (Å²) in [6.45, 7) is 1.04. The normalized spacial score (nSPS) is 39.0. The molecule has 7 N–H and O–H groups in total. The number of hydrogen-bond donors (Lipinski definition) is 7. The Morgan fingerprint density at radius 3 is 2.26 bits per heavy atom. The molecule has 1 fully saturated rings. The zero-order valence-corrected chi connectivity index (χ0v) is 10.8. The van der Waals surface area contributed by atoms with Gasteiger partial charge in [0.25, 0.3) is 0 Å². The van der Waals surface area contributed by atoms with Crippen LogP contribution in [0.25, 0.3) is 0 Å².